The monoisotopic (exact) mass is 210 g/mol. The Bertz CT molecular complexity index is 181. The Kier molecular flexibility index (Phi) is 5.34. The minimum atomic E-state index is 0.466. The van der Waals surface area contributed by atoms with E-state index in [4.69, 9.17) is 5.73 Å². The minimum Gasteiger partial charge on any atom is -0.328 e. The fourth-order valence-corrected chi connectivity index (χ4v) is 2.36. The molecule has 0 aliphatic heterocycles. The molecule has 0 aromatic rings. The Morgan fingerprint density at radius 2 is 1.93 bits per heavy atom. The summed E-state index contributed by atoms with van der Waals surface area (Å²) >= 11 is 0. The van der Waals surface area contributed by atoms with Crippen LogP contribution in [0.4, 0.5) is 0 Å². The van der Waals surface area contributed by atoms with Gasteiger partial charge in [-0.25, -0.2) is 0 Å². The van der Waals surface area contributed by atoms with Crippen molar-refractivity contribution in [2.24, 2.45) is 11.7 Å². The van der Waals surface area contributed by atoms with E-state index in [1.165, 1.54) is 32.2 Å². The van der Waals surface area contributed by atoms with Gasteiger partial charge < -0.3 is 5.73 Å². The summed E-state index contributed by atoms with van der Waals surface area (Å²) in [5.41, 5.74) is 5.92. The Morgan fingerprint density at radius 3 is 2.40 bits per heavy atom. The minimum absolute atomic E-state index is 0.466. The van der Waals surface area contributed by atoms with E-state index in [-0.39, 0.29) is 0 Å². The molecular formula is C13H26N2. The van der Waals surface area contributed by atoms with E-state index in [2.05, 4.69) is 25.3 Å². The largest absolute Gasteiger partial charge is 0.328 e. The van der Waals surface area contributed by atoms with E-state index in [1.807, 2.05) is 6.08 Å². The van der Waals surface area contributed by atoms with Crippen LogP contribution in [0.2, 0.25) is 0 Å². The Morgan fingerprint density at radius 1 is 1.33 bits per heavy atom. The summed E-state index contributed by atoms with van der Waals surface area (Å²) in [5.74, 6) is 0.854. The lowest BCUT2D eigenvalue weighted by Gasteiger charge is -2.33. The summed E-state index contributed by atoms with van der Waals surface area (Å²) in [4.78, 5) is 2.51. The van der Waals surface area contributed by atoms with Crippen LogP contribution in [0.3, 0.4) is 0 Å². The van der Waals surface area contributed by atoms with Crippen LogP contribution >= 0.6 is 0 Å². The number of nitrogens with zero attached hydrogens (tertiary/aromatic N) is 1. The van der Waals surface area contributed by atoms with Gasteiger partial charge in [0.15, 0.2) is 0 Å². The van der Waals surface area contributed by atoms with Crippen LogP contribution in [0, 0.1) is 5.92 Å². The molecular weight excluding hydrogens is 184 g/mol. The zero-order chi connectivity index (χ0) is 11.3. The highest BCUT2D eigenvalue weighted by Crippen LogP contribution is 2.24. The molecule has 15 heavy (non-hydrogen) atoms. The van der Waals surface area contributed by atoms with Crippen molar-refractivity contribution in [3.8, 4) is 0 Å². The molecule has 0 atom stereocenters. The highest BCUT2D eigenvalue weighted by Gasteiger charge is 2.21. The third kappa shape index (κ3) is 4.35. The lowest BCUT2D eigenvalue weighted by Crippen LogP contribution is -2.38. The number of nitrogens with two attached hydrogens (primary N) is 1. The predicted octanol–water partition coefficient (Wildman–Crippen LogP) is 2.40. The van der Waals surface area contributed by atoms with Crippen molar-refractivity contribution in [1.82, 2.24) is 4.90 Å². The molecule has 2 heteroatoms. The molecule has 0 bridgehead atoms. The molecule has 0 unspecified atom stereocenters. The number of hydrogen-bond donors (Lipinski definition) is 1. The normalized spacial score (nSPS) is 27.3. The molecule has 2 N–H and O–H groups in total. The van der Waals surface area contributed by atoms with E-state index < -0.39 is 0 Å². The van der Waals surface area contributed by atoms with Crippen molar-refractivity contribution in [2.75, 3.05) is 13.1 Å². The highest BCUT2D eigenvalue weighted by atomic mass is 15.1. The van der Waals surface area contributed by atoms with Gasteiger partial charge >= 0.3 is 0 Å². The van der Waals surface area contributed by atoms with Gasteiger partial charge in [-0.05, 0) is 45.4 Å². The first-order valence-electron chi connectivity index (χ1n) is 6.24. The average Bonchev–Trinajstić information content (AvgIpc) is 2.20. The van der Waals surface area contributed by atoms with E-state index in [0.29, 0.717) is 12.1 Å². The molecule has 1 aliphatic carbocycles. The molecule has 0 aromatic carbocycles. The van der Waals surface area contributed by atoms with Gasteiger partial charge in [-0.3, -0.25) is 4.90 Å². The van der Waals surface area contributed by atoms with Gasteiger partial charge in [0.1, 0.15) is 0 Å². The standard InChI is InChI=1S/C13H26N2/c1-4-9-15(11(2)3)10-12-5-7-13(14)8-6-12/h4,11-13H,1,5-10,14H2,2-3H3. The van der Waals surface area contributed by atoms with Gasteiger partial charge in [-0.1, -0.05) is 6.08 Å². The van der Waals surface area contributed by atoms with Gasteiger partial charge in [0.25, 0.3) is 0 Å². The van der Waals surface area contributed by atoms with E-state index in [9.17, 15) is 0 Å². The number of hydrogen-bond acceptors (Lipinski definition) is 2. The van der Waals surface area contributed by atoms with Gasteiger partial charge in [-0.15, -0.1) is 6.58 Å². The molecule has 1 aliphatic rings. The molecule has 0 aromatic heterocycles. The first kappa shape index (κ1) is 12.7. The first-order valence-corrected chi connectivity index (χ1v) is 6.24. The summed E-state index contributed by atoms with van der Waals surface area (Å²) in [7, 11) is 0. The van der Waals surface area contributed by atoms with Crippen molar-refractivity contribution in [2.45, 2.75) is 51.6 Å². The van der Waals surface area contributed by atoms with Gasteiger partial charge in [0.05, 0.1) is 0 Å². The van der Waals surface area contributed by atoms with Crippen molar-refractivity contribution in [3.05, 3.63) is 12.7 Å². The quantitative estimate of drug-likeness (QED) is 0.706. The van der Waals surface area contributed by atoms with Crippen molar-refractivity contribution >= 4 is 0 Å². The maximum atomic E-state index is 5.92. The molecule has 0 amide bonds. The topological polar surface area (TPSA) is 29.3 Å². The Labute approximate surface area is 94.5 Å². The SMILES string of the molecule is C=CCN(CC1CCC(N)CC1)C(C)C. The number of rotatable bonds is 5. The van der Waals surface area contributed by atoms with Crippen LogP contribution in [0.15, 0.2) is 12.7 Å². The Balaban J connectivity index is 2.34. The second-order valence-corrected chi connectivity index (χ2v) is 5.12. The van der Waals surface area contributed by atoms with E-state index in [1.54, 1.807) is 0 Å². The van der Waals surface area contributed by atoms with E-state index >= 15 is 0 Å². The molecule has 1 fully saturated rings. The third-order valence-corrected chi connectivity index (χ3v) is 3.48. The lowest BCUT2D eigenvalue weighted by atomic mass is 9.86. The molecule has 0 radical (unpaired) electrons. The van der Waals surface area contributed by atoms with Crippen LogP contribution in [0.25, 0.3) is 0 Å². The fourth-order valence-electron chi connectivity index (χ4n) is 2.36. The molecule has 1 saturated carbocycles. The van der Waals surface area contributed by atoms with Gasteiger partial charge in [0.2, 0.25) is 0 Å². The molecule has 0 saturated heterocycles. The third-order valence-electron chi connectivity index (χ3n) is 3.48. The van der Waals surface area contributed by atoms with Gasteiger partial charge in [-0.2, -0.15) is 0 Å². The smallest absolute Gasteiger partial charge is 0.0163 e. The average molecular weight is 210 g/mol. The lowest BCUT2D eigenvalue weighted by molar-refractivity contribution is 0.177. The predicted molar refractivity (Wildman–Crippen MR) is 66.8 cm³/mol. The zero-order valence-electron chi connectivity index (χ0n) is 10.3. The fraction of sp³-hybridized carbons (Fsp3) is 0.846. The maximum Gasteiger partial charge on any atom is 0.0163 e. The highest BCUT2D eigenvalue weighted by molar-refractivity contribution is 4.81. The van der Waals surface area contributed by atoms with Crippen molar-refractivity contribution in [3.63, 3.8) is 0 Å². The Hall–Kier alpha value is -0.340. The molecule has 1 rings (SSSR count). The van der Waals surface area contributed by atoms with Gasteiger partial charge in [0, 0.05) is 25.2 Å². The first-order chi connectivity index (χ1) is 7.13. The summed E-state index contributed by atoms with van der Waals surface area (Å²) in [6.45, 7) is 10.6. The summed E-state index contributed by atoms with van der Waals surface area (Å²) in [5, 5.41) is 0. The summed E-state index contributed by atoms with van der Waals surface area (Å²) in [6, 6.07) is 1.09. The summed E-state index contributed by atoms with van der Waals surface area (Å²) < 4.78 is 0. The van der Waals surface area contributed by atoms with Crippen LogP contribution in [0.5, 0.6) is 0 Å². The molecule has 2 nitrogen and oxygen atoms in total. The second-order valence-electron chi connectivity index (χ2n) is 5.12. The summed E-state index contributed by atoms with van der Waals surface area (Å²) in [6.07, 6.45) is 7.05. The van der Waals surface area contributed by atoms with Crippen LogP contribution in [-0.4, -0.2) is 30.1 Å². The zero-order valence-corrected chi connectivity index (χ0v) is 10.3. The van der Waals surface area contributed by atoms with E-state index in [0.717, 1.165) is 12.5 Å². The second kappa shape index (κ2) is 6.29. The molecule has 88 valence electrons. The van der Waals surface area contributed by atoms with Crippen molar-refractivity contribution in [1.29, 1.82) is 0 Å². The van der Waals surface area contributed by atoms with Crippen LogP contribution < -0.4 is 5.73 Å². The van der Waals surface area contributed by atoms with Crippen LogP contribution in [0.1, 0.15) is 39.5 Å². The molecule has 0 heterocycles. The molecule has 0 spiro atoms. The van der Waals surface area contributed by atoms with Crippen molar-refractivity contribution < 1.29 is 0 Å². The maximum absolute atomic E-state index is 5.92. The van der Waals surface area contributed by atoms with Crippen LogP contribution in [-0.2, 0) is 0 Å².